The first-order valence-electron chi connectivity index (χ1n) is 5.67. The number of nitrogens with zero attached hydrogens (tertiary/aromatic N) is 1. The number of nitrogens with two attached hydrogens (primary N) is 1. The van der Waals surface area contributed by atoms with Crippen LogP contribution in [-0.2, 0) is 11.3 Å². The second-order valence-electron chi connectivity index (χ2n) is 4.59. The van der Waals surface area contributed by atoms with E-state index in [2.05, 4.69) is 0 Å². The van der Waals surface area contributed by atoms with E-state index >= 15 is 0 Å². The lowest BCUT2D eigenvalue weighted by molar-refractivity contribution is -0.132. The van der Waals surface area contributed by atoms with Gasteiger partial charge in [0.05, 0.1) is 6.04 Å². The maximum absolute atomic E-state index is 11.9. The van der Waals surface area contributed by atoms with E-state index in [1.54, 1.807) is 11.9 Å². The average Bonchev–Trinajstić information content (AvgIpc) is 2.26. The van der Waals surface area contributed by atoms with Crippen molar-refractivity contribution in [2.24, 2.45) is 11.7 Å². The van der Waals surface area contributed by atoms with E-state index in [4.69, 9.17) is 17.3 Å². The van der Waals surface area contributed by atoms with Crippen molar-refractivity contribution in [3.63, 3.8) is 0 Å². The van der Waals surface area contributed by atoms with Crippen molar-refractivity contribution in [1.29, 1.82) is 0 Å². The number of carbonyl (C=O) groups is 1. The van der Waals surface area contributed by atoms with Gasteiger partial charge in [0.15, 0.2) is 0 Å². The largest absolute Gasteiger partial charge is 0.340 e. The normalized spacial score (nSPS) is 12.6. The molecule has 0 saturated heterocycles. The number of halogens is 1. The van der Waals surface area contributed by atoms with Crippen LogP contribution in [0, 0.1) is 5.92 Å². The van der Waals surface area contributed by atoms with E-state index in [1.807, 2.05) is 38.1 Å². The average molecular weight is 255 g/mol. The predicted octanol–water partition coefficient (Wildman–Crippen LogP) is 2.28. The molecule has 1 atom stereocenters. The summed E-state index contributed by atoms with van der Waals surface area (Å²) in [5, 5.41) is 0.677. The summed E-state index contributed by atoms with van der Waals surface area (Å²) in [6.45, 7) is 4.41. The van der Waals surface area contributed by atoms with Gasteiger partial charge in [-0.3, -0.25) is 4.79 Å². The number of hydrogen-bond acceptors (Lipinski definition) is 2. The fraction of sp³-hybridized carbons (Fsp3) is 0.462. The molecule has 2 N–H and O–H groups in total. The molecule has 0 saturated carbocycles. The summed E-state index contributed by atoms with van der Waals surface area (Å²) < 4.78 is 0. The Hall–Kier alpha value is -1.06. The lowest BCUT2D eigenvalue weighted by Crippen LogP contribution is -2.44. The number of rotatable bonds is 4. The Morgan fingerprint density at radius 1 is 1.47 bits per heavy atom. The predicted molar refractivity (Wildman–Crippen MR) is 70.7 cm³/mol. The Balaban J connectivity index is 2.66. The first kappa shape index (κ1) is 14.0. The number of amides is 1. The Morgan fingerprint density at radius 2 is 2.12 bits per heavy atom. The fourth-order valence-corrected chi connectivity index (χ4v) is 1.74. The number of carbonyl (C=O) groups excluding carboxylic acids is 1. The second kappa shape index (κ2) is 6.03. The topological polar surface area (TPSA) is 46.3 Å². The van der Waals surface area contributed by atoms with Crippen LogP contribution in [-0.4, -0.2) is 23.9 Å². The Kier molecular flexibility index (Phi) is 4.97. The van der Waals surface area contributed by atoms with Gasteiger partial charge in [0.1, 0.15) is 0 Å². The monoisotopic (exact) mass is 254 g/mol. The standard InChI is InChI=1S/C13H19ClN2O/c1-9(2)12(15)13(17)16(3)8-10-5-4-6-11(14)7-10/h4-7,9,12H,8,15H2,1-3H3/t12-/m0/s1. The summed E-state index contributed by atoms with van der Waals surface area (Å²) in [5.74, 6) is 0.101. The van der Waals surface area contributed by atoms with E-state index in [1.165, 1.54) is 0 Å². The maximum atomic E-state index is 11.9. The summed E-state index contributed by atoms with van der Waals surface area (Å²) in [6.07, 6.45) is 0. The summed E-state index contributed by atoms with van der Waals surface area (Å²) in [5.41, 5.74) is 6.83. The van der Waals surface area contributed by atoms with Gasteiger partial charge in [-0.25, -0.2) is 0 Å². The molecule has 0 fully saturated rings. The van der Waals surface area contributed by atoms with Gasteiger partial charge in [0.2, 0.25) is 5.91 Å². The van der Waals surface area contributed by atoms with Crippen LogP contribution in [0.5, 0.6) is 0 Å². The van der Waals surface area contributed by atoms with Gasteiger partial charge in [-0.05, 0) is 23.6 Å². The minimum Gasteiger partial charge on any atom is -0.340 e. The molecule has 0 radical (unpaired) electrons. The van der Waals surface area contributed by atoms with Gasteiger partial charge in [0, 0.05) is 18.6 Å². The van der Waals surface area contributed by atoms with Crippen LogP contribution in [0.15, 0.2) is 24.3 Å². The zero-order valence-corrected chi connectivity index (χ0v) is 11.2. The van der Waals surface area contributed by atoms with E-state index in [-0.39, 0.29) is 11.8 Å². The molecule has 0 aliphatic rings. The molecular weight excluding hydrogens is 236 g/mol. The van der Waals surface area contributed by atoms with Crippen molar-refractivity contribution in [3.05, 3.63) is 34.9 Å². The molecule has 0 aromatic heterocycles. The minimum atomic E-state index is -0.445. The summed E-state index contributed by atoms with van der Waals surface area (Å²) in [7, 11) is 1.76. The molecule has 1 rings (SSSR count). The molecule has 1 amide bonds. The molecule has 0 aliphatic carbocycles. The van der Waals surface area contributed by atoms with Gasteiger partial charge in [0.25, 0.3) is 0 Å². The third-order valence-corrected chi connectivity index (χ3v) is 2.92. The van der Waals surface area contributed by atoms with Gasteiger partial charge in [-0.1, -0.05) is 37.6 Å². The molecule has 4 heteroatoms. The number of likely N-dealkylation sites (N-methyl/N-ethyl adjacent to an activating group) is 1. The van der Waals surface area contributed by atoms with E-state index in [9.17, 15) is 4.79 Å². The first-order chi connectivity index (χ1) is 7.91. The minimum absolute atomic E-state index is 0.0417. The molecule has 3 nitrogen and oxygen atoms in total. The highest BCUT2D eigenvalue weighted by atomic mass is 35.5. The number of benzene rings is 1. The molecule has 1 aromatic rings. The SMILES string of the molecule is CC(C)[C@H](N)C(=O)N(C)Cc1cccc(Cl)c1. The van der Waals surface area contributed by atoms with Crippen molar-refractivity contribution in [3.8, 4) is 0 Å². The maximum Gasteiger partial charge on any atom is 0.239 e. The Bertz CT molecular complexity index is 393. The lowest BCUT2D eigenvalue weighted by atomic mass is 10.0. The summed E-state index contributed by atoms with van der Waals surface area (Å²) >= 11 is 5.89. The van der Waals surface area contributed by atoms with Gasteiger partial charge in [-0.15, -0.1) is 0 Å². The zero-order chi connectivity index (χ0) is 13.0. The van der Waals surface area contributed by atoms with Gasteiger partial charge >= 0.3 is 0 Å². The highest BCUT2D eigenvalue weighted by molar-refractivity contribution is 6.30. The van der Waals surface area contributed by atoms with Crippen LogP contribution >= 0.6 is 11.6 Å². The second-order valence-corrected chi connectivity index (χ2v) is 5.03. The van der Waals surface area contributed by atoms with Crippen molar-refractivity contribution < 1.29 is 4.79 Å². The highest BCUT2D eigenvalue weighted by Crippen LogP contribution is 2.13. The van der Waals surface area contributed by atoms with Crippen LogP contribution in [0.1, 0.15) is 19.4 Å². The molecule has 0 heterocycles. The first-order valence-corrected chi connectivity index (χ1v) is 6.04. The molecule has 0 unspecified atom stereocenters. The van der Waals surface area contributed by atoms with Crippen LogP contribution in [0.4, 0.5) is 0 Å². The lowest BCUT2D eigenvalue weighted by Gasteiger charge is -2.23. The molecule has 0 aliphatic heterocycles. The number of hydrogen-bond donors (Lipinski definition) is 1. The third-order valence-electron chi connectivity index (χ3n) is 2.69. The van der Waals surface area contributed by atoms with Crippen molar-refractivity contribution in [1.82, 2.24) is 4.90 Å². The van der Waals surface area contributed by atoms with Crippen LogP contribution < -0.4 is 5.73 Å². The molecule has 0 bridgehead atoms. The molecule has 1 aromatic carbocycles. The van der Waals surface area contributed by atoms with E-state index < -0.39 is 6.04 Å². The van der Waals surface area contributed by atoms with Gasteiger partial charge in [-0.2, -0.15) is 0 Å². The smallest absolute Gasteiger partial charge is 0.239 e. The highest BCUT2D eigenvalue weighted by Gasteiger charge is 2.20. The van der Waals surface area contributed by atoms with Crippen molar-refractivity contribution in [2.75, 3.05) is 7.05 Å². The van der Waals surface area contributed by atoms with Crippen LogP contribution in [0.2, 0.25) is 5.02 Å². The quantitative estimate of drug-likeness (QED) is 0.896. The van der Waals surface area contributed by atoms with Crippen molar-refractivity contribution >= 4 is 17.5 Å². The molecule has 17 heavy (non-hydrogen) atoms. The molecule has 94 valence electrons. The fourth-order valence-electron chi connectivity index (χ4n) is 1.53. The van der Waals surface area contributed by atoms with Crippen LogP contribution in [0.25, 0.3) is 0 Å². The Morgan fingerprint density at radius 3 is 2.65 bits per heavy atom. The zero-order valence-electron chi connectivity index (χ0n) is 10.5. The van der Waals surface area contributed by atoms with Gasteiger partial charge < -0.3 is 10.6 Å². The third kappa shape index (κ3) is 4.02. The Labute approximate surface area is 108 Å². The molecular formula is C13H19ClN2O. The van der Waals surface area contributed by atoms with Crippen molar-refractivity contribution in [2.45, 2.75) is 26.4 Å². The summed E-state index contributed by atoms with van der Waals surface area (Å²) in [6, 6.07) is 7.03. The van der Waals surface area contributed by atoms with E-state index in [0.29, 0.717) is 11.6 Å². The summed E-state index contributed by atoms with van der Waals surface area (Å²) in [4.78, 5) is 13.6. The molecule has 0 spiro atoms. The van der Waals surface area contributed by atoms with E-state index in [0.717, 1.165) is 5.56 Å². The van der Waals surface area contributed by atoms with Crippen LogP contribution in [0.3, 0.4) is 0 Å².